The number of anilines is 2. The van der Waals surface area contributed by atoms with Crippen LogP contribution in [0.25, 0.3) is 0 Å². The first-order valence-corrected chi connectivity index (χ1v) is 6.41. The molecule has 0 spiro atoms. The fourth-order valence-electron chi connectivity index (χ4n) is 1.97. The average molecular weight is 254 g/mol. The molecule has 0 fully saturated rings. The summed E-state index contributed by atoms with van der Waals surface area (Å²) >= 11 is 0. The number of rotatable bonds is 4. The van der Waals surface area contributed by atoms with E-state index in [1.165, 1.54) is 0 Å². The smallest absolute Gasteiger partial charge is 0.228 e. The van der Waals surface area contributed by atoms with Gasteiger partial charge in [-0.1, -0.05) is 37.3 Å². The lowest BCUT2D eigenvalue weighted by atomic mass is 10.1. The molecule has 1 amide bonds. The second-order valence-corrected chi connectivity index (χ2v) is 4.48. The van der Waals surface area contributed by atoms with E-state index >= 15 is 0 Å². The van der Waals surface area contributed by atoms with Crippen LogP contribution in [0, 0.1) is 0 Å². The van der Waals surface area contributed by atoms with Crippen LogP contribution >= 0.6 is 0 Å². The van der Waals surface area contributed by atoms with Crippen LogP contribution in [-0.2, 0) is 17.6 Å². The van der Waals surface area contributed by atoms with Crippen LogP contribution < -0.4 is 11.1 Å². The van der Waals surface area contributed by atoms with E-state index in [0.29, 0.717) is 12.1 Å². The molecule has 0 unspecified atom stereocenters. The Morgan fingerprint density at radius 2 is 1.79 bits per heavy atom. The van der Waals surface area contributed by atoms with Gasteiger partial charge in [-0.25, -0.2) is 0 Å². The van der Waals surface area contributed by atoms with Crippen molar-refractivity contribution in [2.45, 2.75) is 19.8 Å². The number of amides is 1. The van der Waals surface area contributed by atoms with Crippen molar-refractivity contribution in [3.05, 3.63) is 59.7 Å². The zero-order valence-electron chi connectivity index (χ0n) is 11.0. The summed E-state index contributed by atoms with van der Waals surface area (Å²) in [6, 6.07) is 15.2. The maximum atomic E-state index is 12.0. The highest BCUT2D eigenvalue weighted by Crippen LogP contribution is 2.16. The minimum absolute atomic E-state index is 0.00864. The van der Waals surface area contributed by atoms with Crippen molar-refractivity contribution in [2.24, 2.45) is 0 Å². The first kappa shape index (κ1) is 13.1. The van der Waals surface area contributed by atoms with Gasteiger partial charge in [-0.3, -0.25) is 4.79 Å². The van der Waals surface area contributed by atoms with Crippen LogP contribution in [0.3, 0.4) is 0 Å². The third-order valence-electron chi connectivity index (χ3n) is 3.02. The van der Waals surface area contributed by atoms with Crippen LogP contribution in [0.15, 0.2) is 48.5 Å². The molecule has 0 heterocycles. The Hall–Kier alpha value is -2.29. The molecule has 98 valence electrons. The van der Waals surface area contributed by atoms with Gasteiger partial charge in [-0.05, 0) is 35.7 Å². The number of carbonyl (C=O) groups is 1. The van der Waals surface area contributed by atoms with Crippen molar-refractivity contribution in [1.29, 1.82) is 0 Å². The molecule has 0 aliphatic carbocycles. The molecule has 2 aromatic rings. The molecule has 0 saturated heterocycles. The fourth-order valence-corrected chi connectivity index (χ4v) is 1.97. The summed E-state index contributed by atoms with van der Waals surface area (Å²) in [7, 11) is 0. The van der Waals surface area contributed by atoms with E-state index in [-0.39, 0.29) is 5.91 Å². The van der Waals surface area contributed by atoms with Crippen LogP contribution in [0.5, 0.6) is 0 Å². The predicted molar refractivity (Wildman–Crippen MR) is 79.0 cm³/mol. The summed E-state index contributed by atoms with van der Waals surface area (Å²) in [4.78, 5) is 12.0. The Bertz CT molecular complexity index is 561. The fraction of sp³-hybridized carbons (Fsp3) is 0.188. The highest BCUT2D eigenvalue weighted by Gasteiger charge is 2.06. The van der Waals surface area contributed by atoms with Crippen molar-refractivity contribution in [1.82, 2.24) is 0 Å². The summed E-state index contributed by atoms with van der Waals surface area (Å²) in [6.07, 6.45) is 1.26. The Labute approximate surface area is 113 Å². The highest BCUT2D eigenvalue weighted by atomic mass is 16.1. The molecule has 0 aliphatic heterocycles. The molecule has 3 heteroatoms. The highest BCUT2D eigenvalue weighted by molar-refractivity contribution is 5.93. The summed E-state index contributed by atoms with van der Waals surface area (Å²) in [5.74, 6) is -0.00864. The number of carbonyl (C=O) groups excluding carboxylic acids is 1. The summed E-state index contributed by atoms with van der Waals surface area (Å²) in [5.41, 5.74) is 9.33. The van der Waals surface area contributed by atoms with E-state index in [4.69, 9.17) is 5.73 Å². The van der Waals surface area contributed by atoms with Gasteiger partial charge in [-0.2, -0.15) is 0 Å². The normalized spacial score (nSPS) is 10.2. The van der Waals surface area contributed by atoms with E-state index < -0.39 is 0 Å². The number of hydrogen-bond acceptors (Lipinski definition) is 2. The molecular formula is C16H18N2O. The molecule has 0 aromatic heterocycles. The first-order valence-electron chi connectivity index (χ1n) is 6.41. The Kier molecular flexibility index (Phi) is 4.18. The van der Waals surface area contributed by atoms with Crippen LogP contribution in [-0.4, -0.2) is 5.91 Å². The number of nitrogens with two attached hydrogens (primary N) is 1. The lowest BCUT2D eigenvalue weighted by molar-refractivity contribution is -0.115. The van der Waals surface area contributed by atoms with E-state index in [1.807, 2.05) is 48.5 Å². The Balaban J connectivity index is 2.03. The van der Waals surface area contributed by atoms with Gasteiger partial charge in [0.25, 0.3) is 0 Å². The molecule has 2 aromatic carbocycles. The van der Waals surface area contributed by atoms with Gasteiger partial charge in [0.15, 0.2) is 0 Å². The number of nitrogen functional groups attached to an aromatic ring is 1. The molecular weight excluding hydrogens is 236 g/mol. The molecule has 0 radical (unpaired) electrons. The van der Waals surface area contributed by atoms with E-state index in [1.54, 1.807) is 0 Å². The second kappa shape index (κ2) is 6.05. The van der Waals surface area contributed by atoms with Crippen LogP contribution in [0.2, 0.25) is 0 Å². The third-order valence-corrected chi connectivity index (χ3v) is 3.02. The lowest BCUT2D eigenvalue weighted by Gasteiger charge is -2.09. The van der Waals surface area contributed by atoms with Gasteiger partial charge in [0.2, 0.25) is 5.91 Å². The topological polar surface area (TPSA) is 55.1 Å². The molecule has 3 nitrogen and oxygen atoms in total. The molecule has 0 bridgehead atoms. The maximum Gasteiger partial charge on any atom is 0.228 e. The van der Waals surface area contributed by atoms with E-state index in [0.717, 1.165) is 23.2 Å². The number of para-hydroxylation sites is 1. The summed E-state index contributed by atoms with van der Waals surface area (Å²) < 4.78 is 0. The minimum atomic E-state index is -0.00864. The third kappa shape index (κ3) is 3.58. The zero-order valence-corrected chi connectivity index (χ0v) is 11.0. The number of hydrogen-bond donors (Lipinski definition) is 2. The van der Waals surface area contributed by atoms with E-state index in [2.05, 4.69) is 12.2 Å². The monoisotopic (exact) mass is 254 g/mol. The van der Waals surface area contributed by atoms with Crippen LogP contribution in [0.1, 0.15) is 18.1 Å². The number of benzene rings is 2. The van der Waals surface area contributed by atoms with Gasteiger partial charge in [0.1, 0.15) is 0 Å². The van der Waals surface area contributed by atoms with Crippen molar-refractivity contribution in [2.75, 3.05) is 11.1 Å². The van der Waals surface area contributed by atoms with Crippen LogP contribution in [0.4, 0.5) is 11.4 Å². The Morgan fingerprint density at radius 1 is 1.11 bits per heavy atom. The van der Waals surface area contributed by atoms with Crippen molar-refractivity contribution in [3.63, 3.8) is 0 Å². The molecule has 0 saturated carbocycles. The number of aryl methyl sites for hydroxylation is 1. The molecule has 2 rings (SSSR count). The first-order chi connectivity index (χ1) is 9.19. The van der Waals surface area contributed by atoms with Crippen molar-refractivity contribution in [3.8, 4) is 0 Å². The van der Waals surface area contributed by atoms with Gasteiger partial charge in [0.05, 0.1) is 6.42 Å². The SMILES string of the molecule is CCc1ccccc1NC(=O)Cc1ccc(N)cc1. The molecule has 0 atom stereocenters. The minimum Gasteiger partial charge on any atom is -0.399 e. The molecule has 0 aliphatic rings. The second-order valence-electron chi connectivity index (χ2n) is 4.48. The summed E-state index contributed by atoms with van der Waals surface area (Å²) in [5, 5.41) is 2.95. The zero-order chi connectivity index (χ0) is 13.7. The van der Waals surface area contributed by atoms with Gasteiger partial charge in [-0.15, -0.1) is 0 Å². The predicted octanol–water partition coefficient (Wildman–Crippen LogP) is 3.01. The number of nitrogens with one attached hydrogen (secondary N) is 1. The van der Waals surface area contributed by atoms with Gasteiger partial charge in [0, 0.05) is 11.4 Å². The van der Waals surface area contributed by atoms with Crippen molar-refractivity contribution < 1.29 is 4.79 Å². The molecule has 3 N–H and O–H groups in total. The van der Waals surface area contributed by atoms with Gasteiger partial charge < -0.3 is 11.1 Å². The maximum absolute atomic E-state index is 12.0. The molecule has 19 heavy (non-hydrogen) atoms. The largest absolute Gasteiger partial charge is 0.399 e. The van der Waals surface area contributed by atoms with E-state index in [9.17, 15) is 4.79 Å². The summed E-state index contributed by atoms with van der Waals surface area (Å²) in [6.45, 7) is 2.07. The van der Waals surface area contributed by atoms with Crippen molar-refractivity contribution >= 4 is 17.3 Å². The average Bonchev–Trinajstić information content (AvgIpc) is 2.42. The van der Waals surface area contributed by atoms with Gasteiger partial charge >= 0.3 is 0 Å². The Morgan fingerprint density at radius 3 is 2.47 bits per heavy atom. The lowest BCUT2D eigenvalue weighted by Crippen LogP contribution is -2.15. The quantitative estimate of drug-likeness (QED) is 0.824. The standard InChI is InChI=1S/C16H18N2O/c1-2-13-5-3-4-6-15(13)18-16(19)11-12-7-9-14(17)10-8-12/h3-10H,2,11,17H2,1H3,(H,18,19).